The van der Waals surface area contributed by atoms with Crippen LogP contribution in [0.2, 0.25) is 0 Å². The molecule has 0 N–H and O–H groups in total. The molecule has 1 atom stereocenters. The van der Waals surface area contributed by atoms with Crippen LogP contribution >= 0.6 is 0 Å². The van der Waals surface area contributed by atoms with Crippen molar-refractivity contribution in [3.63, 3.8) is 0 Å². The molecule has 0 bridgehead atoms. The maximum atomic E-state index is 13.0. The number of benzene rings is 1. The van der Waals surface area contributed by atoms with Crippen molar-refractivity contribution >= 4 is 15.7 Å². The highest BCUT2D eigenvalue weighted by molar-refractivity contribution is 7.89. The van der Waals surface area contributed by atoms with E-state index in [1.54, 1.807) is 24.3 Å². The quantitative estimate of drug-likeness (QED) is 0.476. The Balaban J connectivity index is 1.98. The van der Waals surface area contributed by atoms with Gasteiger partial charge in [0.2, 0.25) is 10.0 Å². The molecule has 1 aliphatic heterocycles. The fraction of sp³-hybridized carbons (Fsp3) is 0.588. The van der Waals surface area contributed by atoms with Crippen LogP contribution in [0.5, 0.6) is 0 Å². The number of sulfonamides is 1. The van der Waals surface area contributed by atoms with Gasteiger partial charge in [0.15, 0.2) is 5.71 Å². The lowest BCUT2D eigenvalue weighted by atomic mass is 9.93. The zero-order valence-corrected chi connectivity index (χ0v) is 14.9. The molecule has 24 heavy (non-hydrogen) atoms. The molecule has 1 aliphatic carbocycles. The minimum atomic E-state index is -3.86. The monoisotopic (exact) mass is 348 g/mol. The number of rotatable bonds is 4. The van der Waals surface area contributed by atoms with E-state index < -0.39 is 10.0 Å². The van der Waals surface area contributed by atoms with Crippen LogP contribution in [0.15, 0.2) is 34.4 Å². The van der Waals surface area contributed by atoms with Crippen LogP contribution in [0.3, 0.4) is 0 Å². The van der Waals surface area contributed by atoms with E-state index in [1.807, 2.05) is 6.92 Å². The molecule has 1 heterocycles. The van der Waals surface area contributed by atoms with Crippen LogP contribution in [0.4, 0.5) is 0 Å². The second kappa shape index (κ2) is 7.01. The highest BCUT2D eigenvalue weighted by Crippen LogP contribution is 2.28. The normalized spacial score (nSPS) is 21.8. The molecule has 130 valence electrons. The van der Waals surface area contributed by atoms with Gasteiger partial charge in [-0.2, -0.15) is 0 Å². The van der Waals surface area contributed by atoms with E-state index in [0.29, 0.717) is 6.42 Å². The third kappa shape index (κ3) is 3.22. The van der Waals surface area contributed by atoms with Crippen molar-refractivity contribution in [1.82, 2.24) is 4.41 Å². The number of aryl methyl sites for hydroxylation is 1. The summed E-state index contributed by atoms with van der Waals surface area (Å²) in [5, 5.41) is 3.20. The molecule has 0 radical (unpaired) electrons. The summed E-state index contributed by atoms with van der Waals surface area (Å²) in [6.45, 7) is 3.84. The molecule has 0 aromatic heterocycles. The van der Waals surface area contributed by atoms with Gasteiger partial charge in [-0.1, -0.05) is 24.1 Å². The largest absolute Gasteiger partial charge is 0.361 e. The SMILES string of the molecule is Cc1ccc(S(=O)(=O)N(N=[N-])C2CCCCC2=[N+]2CCCC2)cc1. The summed E-state index contributed by atoms with van der Waals surface area (Å²) in [6.07, 6.45) is 5.85. The maximum absolute atomic E-state index is 13.0. The Hall–Kier alpha value is -1.76. The van der Waals surface area contributed by atoms with Gasteiger partial charge in [0, 0.05) is 19.3 Å². The van der Waals surface area contributed by atoms with Crippen molar-refractivity contribution in [3.05, 3.63) is 35.4 Å². The second-order valence-electron chi connectivity index (χ2n) is 6.63. The predicted molar refractivity (Wildman–Crippen MR) is 92.5 cm³/mol. The summed E-state index contributed by atoms with van der Waals surface area (Å²) in [7, 11) is -3.86. The Kier molecular flexibility index (Phi) is 4.99. The van der Waals surface area contributed by atoms with Gasteiger partial charge in [-0.25, -0.2) is 13.0 Å². The van der Waals surface area contributed by atoms with E-state index in [2.05, 4.69) is 9.80 Å². The lowest BCUT2D eigenvalue weighted by Crippen LogP contribution is -2.46. The molecular weight excluding hydrogens is 324 g/mol. The maximum Gasteiger partial charge on any atom is 0.215 e. The summed E-state index contributed by atoms with van der Waals surface area (Å²) >= 11 is 0. The first kappa shape index (κ1) is 17.1. The summed E-state index contributed by atoms with van der Waals surface area (Å²) in [4.78, 5) is 0.164. The standard InChI is InChI=1S/C17H24N4O2S/c1-14-8-10-15(11-9-14)24(22,23)21(19-18)17-7-3-2-6-16(17)20-12-4-5-13-20/h8-11,17H,2-7,12-13H2,1H3. The van der Waals surface area contributed by atoms with Crippen LogP contribution in [-0.2, 0) is 10.0 Å². The third-order valence-corrected chi connectivity index (χ3v) is 6.67. The second-order valence-corrected chi connectivity index (χ2v) is 8.42. The first-order valence-corrected chi connectivity index (χ1v) is 10.0. The van der Waals surface area contributed by atoms with Crippen LogP contribution in [0.25, 0.3) is 5.53 Å². The van der Waals surface area contributed by atoms with Gasteiger partial charge in [-0.15, -0.1) is 0 Å². The first-order valence-electron chi connectivity index (χ1n) is 8.61. The smallest absolute Gasteiger partial charge is 0.215 e. The average Bonchev–Trinajstić information content (AvgIpc) is 3.10. The van der Waals surface area contributed by atoms with Gasteiger partial charge in [0.05, 0.1) is 10.9 Å². The molecule has 2 fully saturated rings. The fourth-order valence-corrected chi connectivity index (χ4v) is 5.04. The summed E-state index contributed by atoms with van der Waals surface area (Å²) in [5.41, 5.74) is 11.6. The Morgan fingerprint density at radius 1 is 1.12 bits per heavy atom. The molecule has 1 aromatic rings. The average molecular weight is 348 g/mol. The Bertz CT molecular complexity index is 732. The van der Waals surface area contributed by atoms with Gasteiger partial charge >= 0.3 is 0 Å². The highest BCUT2D eigenvalue weighted by Gasteiger charge is 2.35. The van der Waals surface area contributed by atoms with Gasteiger partial charge < -0.3 is 5.53 Å². The molecule has 1 aromatic carbocycles. The van der Waals surface area contributed by atoms with Crippen molar-refractivity contribution in [2.75, 3.05) is 13.1 Å². The lowest BCUT2D eigenvalue weighted by molar-refractivity contribution is -0.509. The van der Waals surface area contributed by atoms with Crippen molar-refractivity contribution in [2.45, 2.75) is 56.4 Å². The predicted octanol–water partition coefficient (Wildman–Crippen LogP) is 3.11. The summed E-state index contributed by atoms with van der Waals surface area (Å²) in [5.74, 6) is 0. The van der Waals surface area contributed by atoms with E-state index in [0.717, 1.165) is 60.9 Å². The third-order valence-electron chi connectivity index (χ3n) is 4.98. The minimum absolute atomic E-state index is 0.164. The molecule has 3 rings (SSSR count). The number of hydrogen-bond acceptors (Lipinski definition) is 3. The lowest BCUT2D eigenvalue weighted by Gasteiger charge is -2.36. The van der Waals surface area contributed by atoms with E-state index in [9.17, 15) is 13.9 Å². The van der Waals surface area contributed by atoms with E-state index >= 15 is 0 Å². The van der Waals surface area contributed by atoms with Gasteiger partial charge in [0.1, 0.15) is 13.1 Å². The molecular formula is C17H24N4O2S. The van der Waals surface area contributed by atoms with Crippen molar-refractivity contribution < 1.29 is 13.0 Å². The van der Waals surface area contributed by atoms with Crippen molar-refractivity contribution in [1.29, 1.82) is 0 Å². The Morgan fingerprint density at radius 2 is 1.79 bits per heavy atom. The van der Waals surface area contributed by atoms with Crippen molar-refractivity contribution in [3.8, 4) is 0 Å². The van der Waals surface area contributed by atoms with Crippen LogP contribution in [0.1, 0.15) is 44.1 Å². The molecule has 1 unspecified atom stereocenters. The number of nitrogens with zero attached hydrogens (tertiary/aromatic N) is 4. The van der Waals surface area contributed by atoms with E-state index in [4.69, 9.17) is 0 Å². The number of hydrogen-bond donors (Lipinski definition) is 0. The van der Waals surface area contributed by atoms with Gasteiger partial charge in [-0.05, 0) is 31.9 Å². The minimum Gasteiger partial charge on any atom is -0.361 e. The van der Waals surface area contributed by atoms with Crippen LogP contribution in [-0.4, -0.2) is 42.3 Å². The van der Waals surface area contributed by atoms with E-state index in [-0.39, 0.29) is 10.9 Å². The molecule has 2 aliphatic rings. The summed E-state index contributed by atoms with van der Waals surface area (Å²) in [6, 6.07) is 6.28. The topological polar surface area (TPSA) is 75.1 Å². The molecule has 7 heteroatoms. The first-order chi connectivity index (χ1) is 11.5. The molecule has 0 amide bonds. The van der Waals surface area contributed by atoms with Crippen LogP contribution in [0, 0.1) is 6.92 Å². The van der Waals surface area contributed by atoms with Gasteiger partial charge in [0.25, 0.3) is 0 Å². The summed E-state index contributed by atoms with van der Waals surface area (Å²) < 4.78 is 29.2. The Morgan fingerprint density at radius 3 is 2.42 bits per heavy atom. The molecule has 1 saturated carbocycles. The van der Waals surface area contributed by atoms with Crippen molar-refractivity contribution in [2.24, 2.45) is 5.22 Å². The van der Waals surface area contributed by atoms with Crippen LogP contribution < -0.4 is 0 Å². The van der Waals surface area contributed by atoms with Gasteiger partial charge in [-0.3, -0.25) is 9.64 Å². The molecule has 6 nitrogen and oxygen atoms in total. The Labute approximate surface area is 143 Å². The highest BCUT2D eigenvalue weighted by atomic mass is 32.2. The molecule has 1 saturated heterocycles. The molecule has 0 spiro atoms. The zero-order chi connectivity index (χ0) is 17.2. The van der Waals surface area contributed by atoms with E-state index in [1.165, 1.54) is 0 Å². The zero-order valence-electron chi connectivity index (χ0n) is 14.1. The fourth-order valence-electron chi connectivity index (χ4n) is 3.68.